The summed E-state index contributed by atoms with van der Waals surface area (Å²) in [5, 5.41) is 10.7. The maximum Gasteiger partial charge on any atom is 0.411 e. The first-order valence-electron chi connectivity index (χ1n) is 7.62. The Bertz CT molecular complexity index is 913. The summed E-state index contributed by atoms with van der Waals surface area (Å²) in [6.45, 7) is -0.400. The van der Waals surface area contributed by atoms with Gasteiger partial charge in [-0.3, -0.25) is 10.1 Å². The highest BCUT2D eigenvalue weighted by atomic mass is 35.5. The molecule has 27 heavy (non-hydrogen) atoms. The van der Waals surface area contributed by atoms with Crippen LogP contribution < -0.4 is 5.32 Å². The first-order chi connectivity index (χ1) is 12.7. The summed E-state index contributed by atoms with van der Waals surface area (Å²) < 4.78 is 29.9. The van der Waals surface area contributed by atoms with E-state index in [1.807, 2.05) is 0 Å². The van der Waals surface area contributed by atoms with Crippen LogP contribution in [0.1, 0.15) is 6.42 Å². The van der Waals surface area contributed by atoms with Crippen molar-refractivity contribution in [1.82, 2.24) is 0 Å². The minimum absolute atomic E-state index is 0.176. The first-order valence-corrected chi connectivity index (χ1v) is 9.92. The van der Waals surface area contributed by atoms with Crippen LogP contribution >= 0.6 is 23.2 Å². The highest BCUT2D eigenvalue weighted by Crippen LogP contribution is 2.21. The van der Waals surface area contributed by atoms with Crippen LogP contribution in [0.25, 0.3) is 0 Å². The second-order valence-electron chi connectivity index (χ2n) is 5.38. The summed E-state index contributed by atoms with van der Waals surface area (Å²) >= 11 is 11.4. The molecule has 2 aromatic carbocycles. The molecule has 0 fully saturated rings. The molecule has 1 atom stereocenters. The van der Waals surface area contributed by atoms with Crippen molar-refractivity contribution >= 4 is 50.8 Å². The Balaban J connectivity index is 1.98. The van der Waals surface area contributed by atoms with Crippen molar-refractivity contribution < 1.29 is 27.9 Å². The van der Waals surface area contributed by atoms with Crippen LogP contribution in [-0.2, 0) is 19.4 Å². The van der Waals surface area contributed by atoms with Crippen LogP contribution in [0.3, 0.4) is 0 Å². The van der Waals surface area contributed by atoms with Gasteiger partial charge >= 0.3 is 12.1 Å². The van der Waals surface area contributed by atoms with Crippen molar-refractivity contribution in [3.8, 4) is 0 Å². The summed E-state index contributed by atoms with van der Waals surface area (Å²) in [5.74, 6) is -1.54. The number of benzene rings is 2. The van der Waals surface area contributed by atoms with E-state index in [1.54, 1.807) is 24.3 Å². The Morgan fingerprint density at radius 3 is 2.04 bits per heavy atom. The number of rotatable bonds is 7. The number of nitrogens with one attached hydrogen (secondary N) is 1. The maximum atomic E-state index is 12.5. The smallest absolute Gasteiger partial charge is 0.411 e. The third kappa shape index (κ3) is 5.85. The summed E-state index contributed by atoms with van der Waals surface area (Å²) in [4.78, 5) is 23.0. The van der Waals surface area contributed by atoms with E-state index in [0.717, 1.165) is 0 Å². The molecule has 0 spiro atoms. The normalized spacial score (nSPS) is 12.2. The van der Waals surface area contributed by atoms with Crippen LogP contribution in [-0.4, -0.2) is 37.4 Å². The SMILES string of the molecule is O=C(Nc1ccc(Cl)cc1)OCCC(C(=O)O)S(=O)(=O)c1ccc(Cl)cc1. The number of ether oxygens (including phenoxy) is 1. The van der Waals surface area contributed by atoms with E-state index in [4.69, 9.17) is 27.9 Å². The number of sulfone groups is 1. The molecule has 2 N–H and O–H groups in total. The zero-order chi connectivity index (χ0) is 20.0. The molecular formula is C17H15Cl2NO6S. The summed E-state index contributed by atoms with van der Waals surface area (Å²) in [5.41, 5.74) is 0.424. The molecule has 10 heteroatoms. The Hall–Kier alpha value is -2.29. The highest BCUT2D eigenvalue weighted by Gasteiger charge is 2.34. The monoisotopic (exact) mass is 431 g/mol. The standard InChI is InChI=1S/C17H15Cl2NO6S/c18-11-1-5-13(6-2-11)20-17(23)26-10-9-15(16(21)22)27(24,25)14-7-3-12(19)4-8-14/h1-8,15H,9-10H2,(H,20,23)(H,21,22). The van der Waals surface area contributed by atoms with E-state index in [-0.39, 0.29) is 4.90 Å². The minimum atomic E-state index is -4.16. The van der Waals surface area contributed by atoms with Gasteiger partial charge in [-0.1, -0.05) is 23.2 Å². The maximum absolute atomic E-state index is 12.5. The molecular weight excluding hydrogens is 417 g/mol. The fourth-order valence-corrected chi connectivity index (χ4v) is 3.91. The van der Waals surface area contributed by atoms with Gasteiger partial charge in [-0.2, -0.15) is 0 Å². The van der Waals surface area contributed by atoms with E-state index in [2.05, 4.69) is 5.32 Å². The molecule has 2 rings (SSSR count). The number of aliphatic carboxylic acids is 1. The van der Waals surface area contributed by atoms with E-state index in [1.165, 1.54) is 24.3 Å². The number of carboxylic acid groups (broad SMARTS) is 1. The fourth-order valence-electron chi connectivity index (χ4n) is 2.15. The average molecular weight is 432 g/mol. The van der Waals surface area contributed by atoms with E-state index in [0.29, 0.717) is 15.7 Å². The Morgan fingerprint density at radius 2 is 1.52 bits per heavy atom. The topological polar surface area (TPSA) is 110 Å². The Kier molecular flexibility index (Phi) is 7.06. The van der Waals surface area contributed by atoms with Gasteiger partial charge in [0.1, 0.15) is 0 Å². The molecule has 0 heterocycles. The van der Waals surface area contributed by atoms with Crippen molar-refractivity contribution in [1.29, 1.82) is 0 Å². The molecule has 0 saturated carbocycles. The number of carbonyl (C=O) groups is 2. The molecule has 0 aliphatic rings. The molecule has 0 aliphatic carbocycles. The third-order valence-corrected chi connectivity index (χ3v) is 6.12. The number of carboxylic acids is 1. The van der Waals surface area contributed by atoms with Crippen LogP contribution in [0, 0.1) is 0 Å². The van der Waals surface area contributed by atoms with Crippen LogP contribution in [0.5, 0.6) is 0 Å². The molecule has 144 valence electrons. The quantitative estimate of drug-likeness (QED) is 0.688. The number of hydrogen-bond donors (Lipinski definition) is 2. The Labute approximate surface area is 165 Å². The summed E-state index contributed by atoms with van der Waals surface area (Å²) in [6, 6.07) is 11.4. The van der Waals surface area contributed by atoms with Crippen molar-refractivity contribution in [2.24, 2.45) is 0 Å². The van der Waals surface area contributed by atoms with Gasteiger partial charge in [-0.05, 0) is 48.5 Å². The third-order valence-electron chi connectivity index (χ3n) is 3.50. The first kappa shape index (κ1) is 21.0. The van der Waals surface area contributed by atoms with Crippen molar-refractivity contribution in [2.75, 3.05) is 11.9 Å². The van der Waals surface area contributed by atoms with E-state index < -0.39 is 40.2 Å². The number of hydrogen-bond acceptors (Lipinski definition) is 5. The number of anilines is 1. The van der Waals surface area contributed by atoms with Crippen LogP contribution in [0.2, 0.25) is 10.0 Å². The van der Waals surface area contributed by atoms with Gasteiger partial charge in [0.15, 0.2) is 15.1 Å². The zero-order valence-corrected chi connectivity index (χ0v) is 16.1. The lowest BCUT2D eigenvalue weighted by Crippen LogP contribution is -2.32. The zero-order valence-electron chi connectivity index (χ0n) is 13.8. The largest absolute Gasteiger partial charge is 0.480 e. The predicted molar refractivity (Wildman–Crippen MR) is 101 cm³/mol. The lowest BCUT2D eigenvalue weighted by molar-refractivity contribution is -0.136. The Morgan fingerprint density at radius 1 is 1.00 bits per heavy atom. The lowest BCUT2D eigenvalue weighted by Gasteiger charge is -2.14. The number of amides is 1. The molecule has 1 unspecified atom stereocenters. The van der Waals surface area contributed by atoms with Crippen LogP contribution in [0.4, 0.5) is 10.5 Å². The van der Waals surface area contributed by atoms with Gasteiger partial charge in [0.25, 0.3) is 0 Å². The van der Waals surface area contributed by atoms with Gasteiger partial charge in [0, 0.05) is 22.2 Å². The van der Waals surface area contributed by atoms with Crippen molar-refractivity contribution in [2.45, 2.75) is 16.6 Å². The van der Waals surface area contributed by atoms with Gasteiger partial charge in [0.2, 0.25) is 0 Å². The minimum Gasteiger partial charge on any atom is -0.480 e. The van der Waals surface area contributed by atoms with Crippen LogP contribution in [0.15, 0.2) is 53.4 Å². The molecule has 0 saturated heterocycles. The molecule has 7 nitrogen and oxygen atoms in total. The molecule has 1 amide bonds. The van der Waals surface area contributed by atoms with Crippen molar-refractivity contribution in [3.63, 3.8) is 0 Å². The number of halogens is 2. The van der Waals surface area contributed by atoms with Gasteiger partial charge in [-0.25, -0.2) is 13.2 Å². The molecule has 2 aromatic rings. The molecule has 0 bridgehead atoms. The van der Waals surface area contributed by atoms with Gasteiger partial charge in [-0.15, -0.1) is 0 Å². The summed E-state index contributed by atoms with van der Waals surface area (Å²) in [6.07, 6.45) is -1.25. The molecule has 0 aliphatic heterocycles. The van der Waals surface area contributed by atoms with Gasteiger partial charge in [0.05, 0.1) is 11.5 Å². The van der Waals surface area contributed by atoms with E-state index >= 15 is 0 Å². The second-order valence-corrected chi connectivity index (χ2v) is 8.39. The molecule has 0 aromatic heterocycles. The van der Waals surface area contributed by atoms with Gasteiger partial charge < -0.3 is 9.84 Å². The summed E-state index contributed by atoms with van der Waals surface area (Å²) in [7, 11) is -4.16. The predicted octanol–water partition coefficient (Wildman–Crippen LogP) is 3.86. The van der Waals surface area contributed by atoms with E-state index in [9.17, 15) is 23.1 Å². The lowest BCUT2D eigenvalue weighted by atomic mass is 10.3. The second kappa shape index (κ2) is 9.07. The average Bonchev–Trinajstić information content (AvgIpc) is 2.60. The van der Waals surface area contributed by atoms with Crippen molar-refractivity contribution in [3.05, 3.63) is 58.6 Å². The fraction of sp³-hybridized carbons (Fsp3) is 0.176. The molecule has 0 radical (unpaired) electrons. The number of carbonyl (C=O) groups excluding carboxylic acids is 1. The highest BCUT2D eigenvalue weighted by molar-refractivity contribution is 7.92.